The van der Waals surface area contributed by atoms with Gasteiger partial charge in [0, 0.05) is 25.2 Å². The van der Waals surface area contributed by atoms with Gasteiger partial charge in [0.15, 0.2) is 0 Å². The average Bonchev–Trinajstić information content (AvgIpc) is 3.18. The highest BCUT2D eigenvalue weighted by atomic mass is 19.1. The van der Waals surface area contributed by atoms with Gasteiger partial charge < -0.3 is 10.2 Å². The van der Waals surface area contributed by atoms with Gasteiger partial charge in [0.1, 0.15) is 5.82 Å². The molecular weight excluding hydrogens is 227 g/mol. The summed E-state index contributed by atoms with van der Waals surface area (Å²) in [6, 6.07) is 6.71. The number of rotatable bonds is 3. The predicted octanol–water partition coefficient (Wildman–Crippen LogP) is 3.17. The zero-order valence-electron chi connectivity index (χ0n) is 11.0. The van der Waals surface area contributed by atoms with Crippen molar-refractivity contribution in [2.45, 2.75) is 44.7 Å². The Balaban J connectivity index is 1.56. The van der Waals surface area contributed by atoms with Gasteiger partial charge in [0.2, 0.25) is 0 Å². The van der Waals surface area contributed by atoms with E-state index in [0.717, 1.165) is 37.5 Å². The number of aryl methyl sites for hydroxylation is 1. The van der Waals surface area contributed by atoms with E-state index in [1.54, 1.807) is 6.07 Å². The molecule has 1 aromatic carbocycles. The molecule has 0 radical (unpaired) electrons. The summed E-state index contributed by atoms with van der Waals surface area (Å²) in [7, 11) is 0. The van der Waals surface area contributed by atoms with Crippen molar-refractivity contribution in [2.75, 3.05) is 18.4 Å². The molecule has 2 fully saturated rings. The minimum Gasteiger partial charge on any atom is -0.380 e. The number of likely N-dealkylation sites (tertiary alicyclic amines) is 1. The van der Waals surface area contributed by atoms with Crippen LogP contribution in [0, 0.1) is 12.7 Å². The van der Waals surface area contributed by atoms with E-state index in [1.165, 1.54) is 12.8 Å². The molecule has 3 heteroatoms. The lowest BCUT2D eigenvalue weighted by Crippen LogP contribution is -2.40. The molecule has 1 aliphatic heterocycles. The first-order valence-electron chi connectivity index (χ1n) is 6.99. The summed E-state index contributed by atoms with van der Waals surface area (Å²) in [4.78, 5) is 2.59. The van der Waals surface area contributed by atoms with Gasteiger partial charge in [-0.1, -0.05) is 6.07 Å². The summed E-state index contributed by atoms with van der Waals surface area (Å²) in [5, 5.41) is 3.35. The molecule has 1 heterocycles. The summed E-state index contributed by atoms with van der Waals surface area (Å²) in [6.45, 7) is 4.24. The summed E-state index contributed by atoms with van der Waals surface area (Å²) in [5.41, 5.74) is 1.63. The van der Waals surface area contributed by atoms with Crippen LogP contribution in [0.1, 0.15) is 31.2 Å². The molecule has 1 aromatic rings. The summed E-state index contributed by atoms with van der Waals surface area (Å²) < 4.78 is 13.7. The fourth-order valence-electron chi connectivity index (χ4n) is 2.81. The van der Waals surface area contributed by atoms with Crippen molar-refractivity contribution in [1.82, 2.24) is 4.90 Å². The van der Waals surface area contributed by atoms with Gasteiger partial charge in [0.05, 0.1) is 5.69 Å². The topological polar surface area (TPSA) is 15.3 Å². The van der Waals surface area contributed by atoms with E-state index in [0.29, 0.717) is 11.7 Å². The van der Waals surface area contributed by atoms with Crippen LogP contribution in [0.2, 0.25) is 0 Å². The number of benzene rings is 1. The second-order valence-corrected chi connectivity index (χ2v) is 5.67. The molecule has 98 valence electrons. The number of halogens is 1. The van der Waals surface area contributed by atoms with Crippen molar-refractivity contribution >= 4 is 5.69 Å². The van der Waals surface area contributed by atoms with Crippen LogP contribution in [0.5, 0.6) is 0 Å². The van der Waals surface area contributed by atoms with Gasteiger partial charge in [-0.15, -0.1) is 0 Å². The zero-order chi connectivity index (χ0) is 12.5. The van der Waals surface area contributed by atoms with Gasteiger partial charge in [0.25, 0.3) is 0 Å². The predicted molar refractivity (Wildman–Crippen MR) is 72.4 cm³/mol. The highest BCUT2D eigenvalue weighted by molar-refractivity contribution is 5.47. The Morgan fingerprint density at radius 2 is 1.89 bits per heavy atom. The molecule has 1 saturated carbocycles. The van der Waals surface area contributed by atoms with Crippen molar-refractivity contribution in [3.8, 4) is 0 Å². The van der Waals surface area contributed by atoms with Crippen molar-refractivity contribution in [1.29, 1.82) is 0 Å². The van der Waals surface area contributed by atoms with Crippen LogP contribution in [-0.4, -0.2) is 30.1 Å². The number of hydrogen-bond donors (Lipinski definition) is 1. The Morgan fingerprint density at radius 1 is 1.17 bits per heavy atom. The SMILES string of the molecule is Cc1ccc(NC2CCN(C3CC3)CC2)c(F)c1. The third-order valence-corrected chi connectivity index (χ3v) is 4.08. The molecule has 18 heavy (non-hydrogen) atoms. The number of hydrogen-bond acceptors (Lipinski definition) is 2. The van der Waals surface area contributed by atoms with Crippen LogP contribution >= 0.6 is 0 Å². The fourth-order valence-corrected chi connectivity index (χ4v) is 2.81. The number of nitrogens with one attached hydrogen (secondary N) is 1. The van der Waals surface area contributed by atoms with Crippen LogP contribution in [0.25, 0.3) is 0 Å². The quantitative estimate of drug-likeness (QED) is 0.884. The highest BCUT2D eigenvalue weighted by Gasteiger charge is 2.31. The van der Waals surface area contributed by atoms with E-state index >= 15 is 0 Å². The lowest BCUT2D eigenvalue weighted by Gasteiger charge is -2.33. The molecule has 1 N–H and O–H groups in total. The summed E-state index contributed by atoms with van der Waals surface area (Å²) >= 11 is 0. The largest absolute Gasteiger partial charge is 0.380 e. The van der Waals surface area contributed by atoms with Gasteiger partial charge >= 0.3 is 0 Å². The lowest BCUT2D eigenvalue weighted by molar-refractivity contribution is 0.210. The molecule has 3 rings (SSSR count). The van der Waals surface area contributed by atoms with Crippen LogP contribution in [0.15, 0.2) is 18.2 Å². The molecule has 2 aliphatic rings. The van der Waals surface area contributed by atoms with Crippen molar-refractivity contribution in [3.63, 3.8) is 0 Å². The zero-order valence-corrected chi connectivity index (χ0v) is 11.0. The second kappa shape index (κ2) is 4.88. The van der Waals surface area contributed by atoms with Crippen molar-refractivity contribution in [2.24, 2.45) is 0 Å². The van der Waals surface area contributed by atoms with E-state index in [1.807, 2.05) is 19.1 Å². The van der Waals surface area contributed by atoms with E-state index in [-0.39, 0.29) is 5.82 Å². The lowest BCUT2D eigenvalue weighted by atomic mass is 10.0. The minimum absolute atomic E-state index is 0.125. The van der Waals surface area contributed by atoms with Crippen molar-refractivity contribution < 1.29 is 4.39 Å². The Kier molecular flexibility index (Phi) is 3.25. The van der Waals surface area contributed by atoms with Gasteiger partial charge in [-0.05, 0) is 50.3 Å². The fraction of sp³-hybridized carbons (Fsp3) is 0.600. The maximum atomic E-state index is 13.7. The highest BCUT2D eigenvalue weighted by Crippen LogP contribution is 2.30. The average molecular weight is 248 g/mol. The van der Waals surface area contributed by atoms with Gasteiger partial charge in [-0.3, -0.25) is 0 Å². The molecule has 0 amide bonds. The Hall–Kier alpha value is -1.09. The molecule has 0 unspecified atom stereocenters. The molecule has 0 bridgehead atoms. The molecule has 2 nitrogen and oxygen atoms in total. The van der Waals surface area contributed by atoms with Crippen molar-refractivity contribution in [3.05, 3.63) is 29.6 Å². The van der Waals surface area contributed by atoms with E-state index in [2.05, 4.69) is 10.2 Å². The first-order chi connectivity index (χ1) is 8.72. The van der Waals surface area contributed by atoms with E-state index < -0.39 is 0 Å². The first-order valence-corrected chi connectivity index (χ1v) is 6.99. The maximum Gasteiger partial charge on any atom is 0.146 e. The summed E-state index contributed by atoms with van der Waals surface area (Å²) in [5.74, 6) is -0.125. The first kappa shape index (κ1) is 12.0. The third kappa shape index (κ3) is 2.66. The summed E-state index contributed by atoms with van der Waals surface area (Å²) in [6.07, 6.45) is 5.02. The van der Waals surface area contributed by atoms with Crippen LogP contribution in [0.4, 0.5) is 10.1 Å². The molecule has 1 aliphatic carbocycles. The molecule has 0 spiro atoms. The van der Waals surface area contributed by atoms with Crippen LogP contribution < -0.4 is 5.32 Å². The maximum absolute atomic E-state index is 13.7. The van der Waals surface area contributed by atoms with Crippen LogP contribution in [0.3, 0.4) is 0 Å². The van der Waals surface area contributed by atoms with E-state index in [9.17, 15) is 4.39 Å². The van der Waals surface area contributed by atoms with E-state index in [4.69, 9.17) is 0 Å². The minimum atomic E-state index is -0.125. The smallest absolute Gasteiger partial charge is 0.146 e. The molecule has 0 aromatic heterocycles. The Labute approximate surface area is 108 Å². The third-order valence-electron chi connectivity index (χ3n) is 4.08. The van der Waals surface area contributed by atoms with Crippen LogP contribution in [-0.2, 0) is 0 Å². The molecule has 1 saturated heterocycles. The normalized spacial score (nSPS) is 22.1. The number of nitrogens with zero attached hydrogens (tertiary/aromatic N) is 1. The van der Waals surface area contributed by atoms with Gasteiger partial charge in [-0.25, -0.2) is 4.39 Å². The Bertz CT molecular complexity index is 421. The second-order valence-electron chi connectivity index (χ2n) is 5.67. The van der Waals surface area contributed by atoms with Gasteiger partial charge in [-0.2, -0.15) is 0 Å². The standard InChI is InChI=1S/C15H21FN2/c1-11-2-5-15(14(16)10-11)17-12-6-8-18(9-7-12)13-3-4-13/h2,5,10,12-13,17H,3-4,6-9H2,1H3. The molecular formula is C15H21FN2. The molecule has 0 atom stereocenters. The number of anilines is 1. The Morgan fingerprint density at radius 3 is 2.50 bits per heavy atom. The number of piperidine rings is 1. The monoisotopic (exact) mass is 248 g/mol.